The van der Waals surface area contributed by atoms with Crippen molar-refractivity contribution in [2.24, 2.45) is 0 Å². The molecule has 88 valence electrons. The summed E-state index contributed by atoms with van der Waals surface area (Å²) < 4.78 is 5.73. The van der Waals surface area contributed by atoms with Gasteiger partial charge in [-0.05, 0) is 65.2 Å². The number of carbonyl (C=O) groups excluding carboxylic acids is 1. The Kier molecular flexibility index (Phi) is 3.33. The number of amides is 1. The van der Waals surface area contributed by atoms with Crippen LogP contribution >= 0.6 is 15.9 Å². The summed E-state index contributed by atoms with van der Waals surface area (Å²) in [6.07, 6.45) is 0. The van der Waals surface area contributed by atoms with Crippen molar-refractivity contribution in [2.45, 2.75) is 13.8 Å². The van der Waals surface area contributed by atoms with Crippen LogP contribution in [0.5, 0.6) is 0 Å². The molecule has 0 aliphatic carbocycles. The Morgan fingerprint density at radius 3 is 2.35 bits per heavy atom. The summed E-state index contributed by atoms with van der Waals surface area (Å²) >= 11 is 3.16. The molecule has 1 aromatic heterocycles. The largest absolute Gasteiger partial charge is 0.444 e. The van der Waals surface area contributed by atoms with Gasteiger partial charge in [0.25, 0.3) is 5.91 Å². The number of anilines is 1. The Balaban J connectivity index is 2.18. The lowest BCUT2D eigenvalue weighted by atomic mass is 10.1. The molecule has 0 fully saturated rings. The molecule has 0 saturated carbocycles. The van der Waals surface area contributed by atoms with Crippen molar-refractivity contribution in [3.05, 3.63) is 51.9 Å². The lowest BCUT2D eigenvalue weighted by Gasteiger charge is -2.05. The van der Waals surface area contributed by atoms with Crippen LogP contribution in [0.1, 0.15) is 21.7 Å². The third-order valence-corrected chi connectivity index (χ3v) is 2.70. The van der Waals surface area contributed by atoms with Gasteiger partial charge in [0.1, 0.15) is 0 Å². The Morgan fingerprint density at radius 2 is 1.82 bits per heavy atom. The minimum absolute atomic E-state index is 0.249. The van der Waals surface area contributed by atoms with Gasteiger partial charge in [-0.2, -0.15) is 0 Å². The highest BCUT2D eigenvalue weighted by molar-refractivity contribution is 9.10. The second-order valence-electron chi connectivity index (χ2n) is 3.93. The molecule has 2 aromatic rings. The highest BCUT2D eigenvalue weighted by Crippen LogP contribution is 2.17. The van der Waals surface area contributed by atoms with E-state index < -0.39 is 0 Å². The fourth-order valence-electron chi connectivity index (χ4n) is 1.68. The van der Waals surface area contributed by atoms with E-state index in [9.17, 15) is 4.79 Å². The molecule has 0 unspecified atom stereocenters. The summed E-state index contributed by atoms with van der Waals surface area (Å²) in [5.74, 6) is 0.0386. The van der Waals surface area contributed by atoms with E-state index in [1.54, 1.807) is 12.1 Å². The number of nitrogens with one attached hydrogen (secondary N) is 1. The average molecular weight is 294 g/mol. The first-order valence-corrected chi connectivity index (χ1v) is 5.99. The molecule has 1 amide bonds. The predicted octanol–water partition coefficient (Wildman–Crippen LogP) is 3.91. The zero-order valence-electron chi connectivity index (χ0n) is 9.58. The summed E-state index contributed by atoms with van der Waals surface area (Å²) in [6, 6.07) is 9.21. The molecule has 0 radical (unpaired) electrons. The predicted molar refractivity (Wildman–Crippen MR) is 70.3 cm³/mol. The van der Waals surface area contributed by atoms with Crippen molar-refractivity contribution < 1.29 is 9.21 Å². The number of carbonyl (C=O) groups is 1. The maximum atomic E-state index is 11.8. The first kappa shape index (κ1) is 11.9. The van der Waals surface area contributed by atoms with E-state index in [-0.39, 0.29) is 11.7 Å². The van der Waals surface area contributed by atoms with Gasteiger partial charge in [0, 0.05) is 5.69 Å². The second kappa shape index (κ2) is 4.75. The van der Waals surface area contributed by atoms with Gasteiger partial charge < -0.3 is 9.73 Å². The molecule has 0 atom stereocenters. The molecule has 0 bridgehead atoms. The van der Waals surface area contributed by atoms with Crippen molar-refractivity contribution in [3.8, 4) is 0 Å². The summed E-state index contributed by atoms with van der Waals surface area (Å²) in [5, 5.41) is 2.80. The van der Waals surface area contributed by atoms with E-state index in [2.05, 4.69) is 27.3 Å². The molecule has 0 aliphatic rings. The normalized spacial score (nSPS) is 10.3. The van der Waals surface area contributed by atoms with E-state index in [4.69, 9.17) is 4.42 Å². The maximum Gasteiger partial charge on any atom is 0.291 e. The number of benzene rings is 1. The fourth-order valence-corrected chi connectivity index (χ4v) is 1.98. The molecule has 0 spiro atoms. The van der Waals surface area contributed by atoms with Crippen LogP contribution in [0.2, 0.25) is 0 Å². The third-order valence-electron chi connectivity index (χ3n) is 2.28. The van der Waals surface area contributed by atoms with Gasteiger partial charge in [-0.1, -0.05) is 6.07 Å². The highest BCUT2D eigenvalue weighted by atomic mass is 79.9. The van der Waals surface area contributed by atoms with E-state index in [1.165, 1.54) is 0 Å². The average Bonchev–Trinajstić information content (AvgIpc) is 2.63. The number of aryl methyl sites for hydroxylation is 2. The molecular weight excluding hydrogens is 282 g/mol. The lowest BCUT2D eigenvalue weighted by Crippen LogP contribution is -2.11. The third kappa shape index (κ3) is 2.97. The number of rotatable bonds is 2. The van der Waals surface area contributed by atoms with Crippen LogP contribution in [0, 0.1) is 13.8 Å². The number of hydrogen-bond acceptors (Lipinski definition) is 2. The number of hydrogen-bond donors (Lipinski definition) is 1. The Bertz CT molecular complexity index is 540. The minimum Gasteiger partial charge on any atom is -0.444 e. The van der Waals surface area contributed by atoms with E-state index in [1.807, 2.05) is 26.0 Å². The van der Waals surface area contributed by atoms with Crippen LogP contribution < -0.4 is 5.32 Å². The van der Waals surface area contributed by atoms with E-state index in [0.717, 1.165) is 16.8 Å². The first-order chi connectivity index (χ1) is 8.04. The van der Waals surface area contributed by atoms with Gasteiger partial charge in [0.15, 0.2) is 10.4 Å². The Labute approximate surface area is 108 Å². The number of furan rings is 1. The quantitative estimate of drug-likeness (QED) is 0.912. The lowest BCUT2D eigenvalue weighted by molar-refractivity contribution is 0.0995. The smallest absolute Gasteiger partial charge is 0.291 e. The van der Waals surface area contributed by atoms with Crippen LogP contribution in [0.3, 0.4) is 0 Å². The number of halogens is 1. The van der Waals surface area contributed by atoms with Crippen LogP contribution in [0.4, 0.5) is 5.69 Å². The van der Waals surface area contributed by atoms with E-state index >= 15 is 0 Å². The maximum absolute atomic E-state index is 11.8. The topological polar surface area (TPSA) is 42.2 Å². The summed E-state index contributed by atoms with van der Waals surface area (Å²) in [7, 11) is 0. The molecule has 4 heteroatoms. The van der Waals surface area contributed by atoms with Gasteiger partial charge >= 0.3 is 0 Å². The van der Waals surface area contributed by atoms with Gasteiger partial charge in [0.2, 0.25) is 0 Å². The van der Waals surface area contributed by atoms with Gasteiger partial charge in [-0.15, -0.1) is 0 Å². The zero-order chi connectivity index (χ0) is 12.4. The van der Waals surface area contributed by atoms with Crippen molar-refractivity contribution in [3.63, 3.8) is 0 Å². The molecule has 0 saturated heterocycles. The molecule has 17 heavy (non-hydrogen) atoms. The molecule has 1 heterocycles. The standard InChI is InChI=1S/C13H12BrNO2/c1-8-5-9(2)7-10(6-8)15-13(16)11-3-4-12(14)17-11/h3-7H,1-2H3,(H,15,16). The molecule has 1 aromatic carbocycles. The molecule has 2 rings (SSSR count). The SMILES string of the molecule is Cc1cc(C)cc(NC(=O)c2ccc(Br)o2)c1. The monoisotopic (exact) mass is 293 g/mol. The second-order valence-corrected chi connectivity index (χ2v) is 4.72. The van der Waals surface area contributed by atoms with Crippen LogP contribution in [-0.4, -0.2) is 5.91 Å². The van der Waals surface area contributed by atoms with Crippen molar-refractivity contribution >= 4 is 27.5 Å². The highest BCUT2D eigenvalue weighted by Gasteiger charge is 2.10. The van der Waals surface area contributed by atoms with Crippen LogP contribution in [0.25, 0.3) is 0 Å². The fraction of sp³-hybridized carbons (Fsp3) is 0.154. The van der Waals surface area contributed by atoms with Crippen LogP contribution in [0.15, 0.2) is 39.4 Å². The van der Waals surface area contributed by atoms with Gasteiger partial charge in [0.05, 0.1) is 0 Å². The minimum atomic E-state index is -0.249. The summed E-state index contributed by atoms with van der Waals surface area (Å²) in [5.41, 5.74) is 3.00. The zero-order valence-corrected chi connectivity index (χ0v) is 11.2. The molecule has 3 nitrogen and oxygen atoms in total. The van der Waals surface area contributed by atoms with Crippen molar-refractivity contribution in [1.82, 2.24) is 0 Å². The molecular formula is C13H12BrNO2. The summed E-state index contributed by atoms with van der Waals surface area (Å²) in [4.78, 5) is 11.8. The van der Waals surface area contributed by atoms with Crippen molar-refractivity contribution in [2.75, 3.05) is 5.32 Å². The van der Waals surface area contributed by atoms with Gasteiger partial charge in [-0.3, -0.25) is 4.79 Å². The first-order valence-electron chi connectivity index (χ1n) is 5.19. The van der Waals surface area contributed by atoms with Gasteiger partial charge in [-0.25, -0.2) is 0 Å². The summed E-state index contributed by atoms with van der Waals surface area (Å²) in [6.45, 7) is 3.98. The molecule has 1 N–H and O–H groups in total. The van der Waals surface area contributed by atoms with E-state index in [0.29, 0.717) is 4.67 Å². The Morgan fingerprint density at radius 1 is 1.18 bits per heavy atom. The Hall–Kier alpha value is -1.55. The van der Waals surface area contributed by atoms with Crippen molar-refractivity contribution in [1.29, 1.82) is 0 Å². The molecule has 0 aliphatic heterocycles. The van der Waals surface area contributed by atoms with Crippen LogP contribution in [-0.2, 0) is 0 Å².